The third-order valence-electron chi connectivity index (χ3n) is 3.76. The number of rotatable bonds is 4. The van der Waals surface area contributed by atoms with Gasteiger partial charge in [-0.3, -0.25) is 15.1 Å². The number of ether oxygens (including phenoxy) is 1. The normalized spacial score (nSPS) is 15.0. The van der Waals surface area contributed by atoms with E-state index in [4.69, 9.17) is 16.3 Å². The van der Waals surface area contributed by atoms with Crippen molar-refractivity contribution in [1.29, 1.82) is 0 Å². The number of hydrogen-bond acceptors (Lipinski definition) is 5. The monoisotopic (exact) mass is 345 g/mol. The van der Waals surface area contributed by atoms with Crippen molar-refractivity contribution in [1.82, 2.24) is 0 Å². The maximum atomic E-state index is 10.9. The van der Waals surface area contributed by atoms with Gasteiger partial charge in [0, 0.05) is 31.1 Å². The zero-order valence-electron chi connectivity index (χ0n) is 12.9. The number of nitro benzene ring substituents is 1. The molecule has 2 aromatic carbocycles. The molecule has 1 aliphatic heterocycles. The van der Waals surface area contributed by atoms with Gasteiger partial charge in [0.15, 0.2) is 0 Å². The smallest absolute Gasteiger partial charge is 0.288 e. The molecule has 0 radical (unpaired) electrons. The summed E-state index contributed by atoms with van der Waals surface area (Å²) in [4.78, 5) is 17.0. The van der Waals surface area contributed by atoms with Crippen LogP contribution < -0.4 is 4.90 Å². The molecule has 0 spiro atoms. The predicted molar refractivity (Wildman–Crippen MR) is 94.8 cm³/mol. The van der Waals surface area contributed by atoms with E-state index >= 15 is 0 Å². The first-order valence-corrected chi connectivity index (χ1v) is 7.92. The van der Waals surface area contributed by atoms with Crippen molar-refractivity contribution >= 4 is 34.9 Å². The Hall–Kier alpha value is -2.44. The van der Waals surface area contributed by atoms with Gasteiger partial charge in [-0.1, -0.05) is 17.7 Å². The molecular weight excluding hydrogens is 330 g/mol. The molecular formula is C17H16ClN3O3. The molecule has 3 rings (SSSR count). The van der Waals surface area contributed by atoms with Crippen LogP contribution in [-0.2, 0) is 4.74 Å². The Balaban J connectivity index is 1.72. The molecule has 2 aromatic rings. The SMILES string of the molecule is O=[N+]([O-])c1cc(C=Nc2ccc(N3CCOCC3)cc2)ccc1Cl. The number of nitrogens with zero attached hydrogens (tertiary/aromatic N) is 3. The molecule has 0 aliphatic carbocycles. The van der Waals surface area contributed by atoms with Gasteiger partial charge < -0.3 is 9.64 Å². The van der Waals surface area contributed by atoms with Gasteiger partial charge in [0.2, 0.25) is 0 Å². The lowest BCUT2D eigenvalue weighted by molar-refractivity contribution is -0.384. The third-order valence-corrected chi connectivity index (χ3v) is 4.08. The van der Waals surface area contributed by atoms with Gasteiger partial charge in [0.05, 0.1) is 23.8 Å². The molecule has 0 unspecified atom stereocenters. The standard InChI is InChI=1S/C17H16ClN3O3/c18-16-6-1-13(11-17(16)21(22)23)12-19-14-2-4-15(5-3-14)20-7-9-24-10-8-20/h1-6,11-12H,7-10H2. The Morgan fingerprint density at radius 3 is 2.54 bits per heavy atom. The lowest BCUT2D eigenvalue weighted by Crippen LogP contribution is -2.36. The highest BCUT2D eigenvalue weighted by Gasteiger charge is 2.12. The molecule has 0 saturated carbocycles. The first-order valence-electron chi connectivity index (χ1n) is 7.54. The number of benzene rings is 2. The number of nitro groups is 1. The Morgan fingerprint density at radius 1 is 1.17 bits per heavy atom. The summed E-state index contributed by atoms with van der Waals surface area (Å²) in [5.41, 5.74) is 2.43. The summed E-state index contributed by atoms with van der Waals surface area (Å²) in [6, 6.07) is 12.5. The Labute approximate surface area is 144 Å². The Morgan fingerprint density at radius 2 is 1.88 bits per heavy atom. The minimum atomic E-state index is -0.503. The summed E-state index contributed by atoms with van der Waals surface area (Å²) in [5, 5.41) is 11.0. The quantitative estimate of drug-likeness (QED) is 0.479. The van der Waals surface area contributed by atoms with E-state index in [1.165, 1.54) is 12.1 Å². The maximum Gasteiger partial charge on any atom is 0.288 e. The van der Waals surface area contributed by atoms with E-state index in [0.29, 0.717) is 5.56 Å². The second-order valence-electron chi connectivity index (χ2n) is 5.34. The number of hydrogen-bond donors (Lipinski definition) is 0. The van der Waals surface area contributed by atoms with E-state index in [1.807, 2.05) is 24.3 Å². The fourth-order valence-electron chi connectivity index (χ4n) is 2.47. The third kappa shape index (κ3) is 3.90. The zero-order chi connectivity index (χ0) is 16.9. The fraction of sp³-hybridized carbons (Fsp3) is 0.235. The van der Waals surface area contributed by atoms with Crippen molar-refractivity contribution < 1.29 is 9.66 Å². The van der Waals surface area contributed by atoms with Crippen LogP contribution >= 0.6 is 11.6 Å². The van der Waals surface area contributed by atoms with Crippen LogP contribution in [0.1, 0.15) is 5.56 Å². The van der Waals surface area contributed by atoms with Crippen LogP contribution in [0, 0.1) is 10.1 Å². The summed E-state index contributed by atoms with van der Waals surface area (Å²) in [6.07, 6.45) is 1.59. The highest BCUT2D eigenvalue weighted by Crippen LogP contribution is 2.25. The summed E-state index contributed by atoms with van der Waals surface area (Å²) < 4.78 is 5.34. The number of halogens is 1. The van der Waals surface area contributed by atoms with E-state index in [1.54, 1.807) is 12.3 Å². The van der Waals surface area contributed by atoms with Gasteiger partial charge in [-0.2, -0.15) is 0 Å². The van der Waals surface area contributed by atoms with Crippen molar-refractivity contribution in [3.63, 3.8) is 0 Å². The van der Waals surface area contributed by atoms with Crippen LogP contribution in [0.3, 0.4) is 0 Å². The van der Waals surface area contributed by atoms with E-state index in [0.717, 1.165) is 37.7 Å². The van der Waals surface area contributed by atoms with E-state index in [-0.39, 0.29) is 10.7 Å². The van der Waals surface area contributed by atoms with Crippen LogP contribution in [0.25, 0.3) is 0 Å². The second-order valence-corrected chi connectivity index (χ2v) is 5.75. The number of morpholine rings is 1. The van der Waals surface area contributed by atoms with Crippen LogP contribution in [0.4, 0.5) is 17.1 Å². The fourth-order valence-corrected chi connectivity index (χ4v) is 2.66. The van der Waals surface area contributed by atoms with Gasteiger partial charge >= 0.3 is 0 Å². The van der Waals surface area contributed by atoms with Crippen LogP contribution in [0.2, 0.25) is 5.02 Å². The summed E-state index contributed by atoms with van der Waals surface area (Å²) in [7, 11) is 0. The molecule has 124 valence electrons. The average molecular weight is 346 g/mol. The van der Waals surface area contributed by atoms with Gasteiger partial charge in [0.1, 0.15) is 5.02 Å². The van der Waals surface area contributed by atoms with E-state index in [2.05, 4.69) is 9.89 Å². The molecule has 1 aliphatic rings. The molecule has 0 N–H and O–H groups in total. The van der Waals surface area contributed by atoms with E-state index < -0.39 is 4.92 Å². The molecule has 6 nitrogen and oxygen atoms in total. The number of anilines is 1. The largest absolute Gasteiger partial charge is 0.378 e. The summed E-state index contributed by atoms with van der Waals surface area (Å²) in [6.45, 7) is 3.26. The molecule has 1 fully saturated rings. The maximum absolute atomic E-state index is 10.9. The summed E-state index contributed by atoms with van der Waals surface area (Å²) in [5.74, 6) is 0. The average Bonchev–Trinajstić information content (AvgIpc) is 2.62. The Kier molecular flexibility index (Phi) is 5.08. The van der Waals surface area contributed by atoms with Gasteiger partial charge in [0.25, 0.3) is 5.69 Å². The molecule has 0 atom stereocenters. The van der Waals surface area contributed by atoms with Crippen LogP contribution in [0.5, 0.6) is 0 Å². The molecule has 1 saturated heterocycles. The summed E-state index contributed by atoms with van der Waals surface area (Å²) >= 11 is 5.80. The highest BCUT2D eigenvalue weighted by molar-refractivity contribution is 6.32. The Bertz CT molecular complexity index is 756. The lowest BCUT2D eigenvalue weighted by Gasteiger charge is -2.28. The topological polar surface area (TPSA) is 68.0 Å². The van der Waals surface area contributed by atoms with Gasteiger partial charge in [-0.05, 0) is 35.9 Å². The molecule has 0 bridgehead atoms. The predicted octanol–water partition coefficient (Wildman–Crippen LogP) is 3.84. The molecule has 24 heavy (non-hydrogen) atoms. The van der Waals surface area contributed by atoms with Crippen molar-refractivity contribution in [2.45, 2.75) is 0 Å². The van der Waals surface area contributed by atoms with Crippen molar-refractivity contribution in [2.24, 2.45) is 4.99 Å². The molecule has 0 amide bonds. The van der Waals surface area contributed by atoms with Crippen LogP contribution in [-0.4, -0.2) is 37.4 Å². The van der Waals surface area contributed by atoms with Crippen molar-refractivity contribution in [3.05, 3.63) is 63.2 Å². The second kappa shape index (κ2) is 7.42. The van der Waals surface area contributed by atoms with Gasteiger partial charge in [-0.25, -0.2) is 0 Å². The number of aliphatic imine (C=N–C) groups is 1. The van der Waals surface area contributed by atoms with E-state index in [9.17, 15) is 10.1 Å². The van der Waals surface area contributed by atoms with Crippen LogP contribution in [0.15, 0.2) is 47.5 Å². The highest BCUT2D eigenvalue weighted by atomic mass is 35.5. The zero-order valence-corrected chi connectivity index (χ0v) is 13.6. The van der Waals surface area contributed by atoms with Gasteiger partial charge in [-0.15, -0.1) is 0 Å². The molecule has 1 heterocycles. The lowest BCUT2D eigenvalue weighted by atomic mass is 10.2. The minimum Gasteiger partial charge on any atom is -0.378 e. The van der Waals surface area contributed by atoms with Crippen molar-refractivity contribution in [3.8, 4) is 0 Å². The molecule has 7 heteroatoms. The first kappa shape index (κ1) is 16.4. The minimum absolute atomic E-state index is 0.118. The first-order chi connectivity index (χ1) is 11.6. The van der Waals surface area contributed by atoms with Crippen molar-refractivity contribution in [2.75, 3.05) is 31.2 Å². The molecule has 0 aromatic heterocycles.